The third-order valence-corrected chi connectivity index (χ3v) is 7.00. The summed E-state index contributed by atoms with van der Waals surface area (Å²) in [5.74, 6) is -3.63. The molecule has 0 saturated heterocycles. The van der Waals surface area contributed by atoms with Crippen LogP contribution in [0.1, 0.15) is 41.4 Å². The zero-order valence-corrected chi connectivity index (χ0v) is 23.2. The molecule has 44 heavy (non-hydrogen) atoms. The van der Waals surface area contributed by atoms with Gasteiger partial charge in [0.25, 0.3) is 0 Å². The highest BCUT2D eigenvalue weighted by Gasteiger charge is 2.57. The standard InChI is InChI=1S/C34H28O10/c35-25-26(36)28(42-32(38)22-15-7-2-8-16-22)30(44-34(40)24-19-11-4-12-20-24)29(43-33(39)23-17-9-3-10-18-23)27(25)41-31(37)21-13-5-1-6-14-21/h1-20,25-30,35-36H/t25-,26-,27-,28+,29-,30-/m1/s1. The second-order valence-corrected chi connectivity index (χ2v) is 9.92. The van der Waals surface area contributed by atoms with E-state index >= 15 is 0 Å². The van der Waals surface area contributed by atoms with Crippen molar-refractivity contribution in [1.29, 1.82) is 0 Å². The van der Waals surface area contributed by atoms with Crippen molar-refractivity contribution >= 4 is 23.9 Å². The van der Waals surface area contributed by atoms with E-state index in [1.54, 1.807) is 72.8 Å². The lowest BCUT2D eigenvalue weighted by Gasteiger charge is -2.45. The minimum absolute atomic E-state index is 0.104. The van der Waals surface area contributed by atoms with Gasteiger partial charge in [0.1, 0.15) is 12.2 Å². The lowest BCUT2D eigenvalue weighted by Crippen LogP contribution is -2.67. The van der Waals surface area contributed by atoms with Gasteiger partial charge in [0.05, 0.1) is 22.3 Å². The van der Waals surface area contributed by atoms with Crippen LogP contribution >= 0.6 is 0 Å². The summed E-state index contributed by atoms with van der Waals surface area (Å²) in [6, 6.07) is 31.3. The molecule has 2 N–H and O–H groups in total. The van der Waals surface area contributed by atoms with Crippen LogP contribution in [0.4, 0.5) is 0 Å². The maximum atomic E-state index is 13.3. The number of carbonyl (C=O) groups excluding carboxylic acids is 4. The molecule has 1 aliphatic carbocycles. The molecule has 5 rings (SSSR count). The Labute approximate surface area is 252 Å². The third-order valence-electron chi connectivity index (χ3n) is 7.00. The van der Waals surface area contributed by atoms with Crippen LogP contribution in [0.15, 0.2) is 121 Å². The first-order valence-electron chi connectivity index (χ1n) is 13.7. The second-order valence-electron chi connectivity index (χ2n) is 9.92. The molecule has 0 unspecified atom stereocenters. The van der Waals surface area contributed by atoms with Crippen molar-refractivity contribution in [2.75, 3.05) is 0 Å². The van der Waals surface area contributed by atoms with Gasteiger partial charge in [0, 0.05) is 0 Å². The quantitative estimate of drug-likeness (QED) is 0.228. The SMILES string of the molecule is O=C(O[C@H]1[C@H](OC(=O)c2ccccc2)[C@@H](OC(=O)c2ccccc2)[C@H](O)[C@@H](O)[C@H]1OC(=O)c1ccccc1)c1ccccc1. The number of hydrogen-bond donors (Lipinski definition) is 2. The molecular formula is C34H28O10. The topological polar surface area (TPSA) is 146 Å². The van der Waals surface area contributed by atoms with Crippen LogP contribution in [-0.2, 0) is 18.9 Å². The Morgan fingerprint density at radius 3 is 0.795 bits per heavy atom. The number of carbonyl (C=O) groups is 4. The zero-order chi connectivity index (χ0) is 31.1. The van der Waals surface area contributed by atoms with Crippen molar-refractivity contribution in [2.24, 2.45) is 0 Å². The van der Waals surface area contributed by atoms with Crippen molar-refractivity contribution in [3.05, 3.63) is 144 Å². The largest absolute Gasteiger partial charge is 0.452 e. The minimum Gasteiger partial charge on any atom is -0.452 e. The van der Waals surface area contributed by atoms with Gasteiger partial charge in [0.2, 0.25) is 0 Å². The van der Waals surface area contributed by atoms with Gasteiger partial charge in [-0.3, -0.25) is 0 Å². The first kappa shape index (κ1) is 30.1. The smallest absolute Gasteiger partial charge is 0.338 e. The highest BCUT2D eigenvalue weighted by molar-refractivity contribution is 5.92. The number of esters is 4. The van der Waals surface area contributed by atoms with E-state index in [4.69, 9.17) is 18.9 Å². The van der Waals surface area contributed by atoms with E-state index < -0.39 is 60.5 Å². The predicted octanol–water partition coefficient (Wildman–Crippen LogP) is 3.62. The molecule has 0 aromatic heterocycles. The summed E-state index contributed by atoms with van der Waals surface area (Å²) in [4.78, 5) is 52.8. The van der Waals surface area contributed by atoms with Crippen molar-refractivity contribution in [3.8, 4) is 0 Å². The molecular weight excluding hydrogens is 568 g/mol. The van der Waals surface area contributed by atoms with Gasteiger partial charge in [-0.1, -0.05) is 72.8 Å². The molecule has 0 aliphatic heterocycles. The van der Waals surface area contributed by atoms with Crippen molar-refractivity contribution in [2.45, 2.75) is 36.6 Å². The summed E-state index contributed by atoms with van der Waals surface area (Å²) in [6.07, 6.45) is -10.8. The summed E-state index contributed by atoms with van der Waals surface area (Å²) in [6.45, 7) is 0. The van der Waals surface area contributed by atoms with Gasteiger partial charge in [0.15, 0.2) is 24.4 Å². The lowest BCUT2D eigenvalue weighted by atomic mass is 9.84. The van der Waals surface area contributed by atoms with E-state index in [0.29, 0.717) is 0 Å². The van der Waals surface area contributed by atoms with E-state index in [1.165, 1.54) is 48.5 Å². The van der Waals surface area contributed by atoms with E-state index in [2.05, 4.69) is 0 Å². The molecule has 4 aromatic carbocycles. The lowest BCUT2D eigenvalue weighted by molar-refractivity contribution is -0.223. The summed E-state index contributed by atoms with van der Waals surface area (Å²) in [5, 5.41) is 22.5. The van der Waals surface area contributed by atoms with Crippen molar-refractivity contribution in [3.63, 3.8) is 0 Å². The molecule has 1 aliphatic rings. The Bertz CT molecular complexity index is 1460. The van der Waals surface area contributed by atoms with Crippen LogP contribution in [0.2, 0.25) is 0 Å². The van der Waals surface area contributed by atoms with Gasteiger partial charge in [-0.25, -0.2) is 19.2 Å². The average Bonchev–Trinajstić information content (AvgIpc) is 3.08. The maximum Gasteiger partial charge on any atom is 0.338 e. The molecule has 0 amide bonds. The minimum atomic E-state index is -1.93. The summed E-state index contributed by atoms with van der Waals surface area (Å²) in [5.41, 5.74) is 0.426. The summed E-state index contributed by atoms with van der Waals surface area (Å²) < 4.78 is 22.7. The molecule has 6 atom stereocenters. The summed E-state index contributed by atoms with van der Waals surface area (Å²) in [7, 11) is 0. The van der Waals surface area contributed by atoms with Crippen LogP contribution in [0.3, 0.4) is 0 Å². The van der Waals surface area contributed by atoms with Crippen molar-refractivity contribution in [1.82, 2.24) is 0 Å². The van der Waals surface area contributed by atoms with Gasteiger partial charge in [-0.05, 0) is 48.5 Å². The highest BCUT2D eigenvalue weighted by Crippen LogP contribution is 2.33. The van der Waals surface area contributed by atoms with Gasteiger partial charge in [-0.2, -0.15) is 0 Å². The van der Waals surface area contributed by atoms with Crippen LogP contribution in [-0.4, -0.2) is 70.7 Å². The number of aliphatic hydroxyl groups excluding tert-OH is 2. The molecule has 4 aromatic rings. The van der Waals surface area contributed by atoms with Crippen LogP contribution in [0, 0.1) is 0 Å². The second kappa shape index (κ2) is 13.8. The molecule has 0 bridgehead atoms. The normalized spacial score (nSPS) is 22.7. The Balaban J connectivity index is 1.55. The monoisotopic (exact) mass is 596 g/mol. The average molecular weight is 597 g/mol. The molecule has 224 valence electrons. The number of benzene rings is 4. The fourth-order valence-corrected chi connectivity index (χ4v) is 4.76. The molecule has 0 spiro atoms. The van der Waals surface area contributed by atoms with E-state index in [-0.39, 0.29) is 22.3 Å². The first-order valence-corrected chi connectivity index (χ1v) is 13.7. The fourth-order valence-electron chi connectivity index (χ4n) is 4.76. The molecule has 0 radical (unpaired) electrons. The van der Waals surface area contributed by atoms with E-state index in [1.807, 2.05) is 0 Å². The number of aliphatic hydroxyl groups is 2. The predicted molar refractivity (Wildman–Crippen MR) is 155 cm³/mol. The van der Waals surface area contributed by atoms with Crippen LogP contribution in [0.5, 0.6) is 0 Å². The Kier molecular flexibility index (Phi) is 9.43. The Morgan fingerprint density at radius 2 is 0.568 bits per heavy atom. The Hall–Kier alpha value is -5.32. The van der Waals surface area contributed by atoms with Gasteiger partial charge >= 0.3 is 23.9 Å². The van der Waals surface area contributed by atoms with Gasteiger partial charge in [-0.15, -0.1) is 0 Å². The molecule has 1 saturated carbocycles. The highest BCUT2D eigenvalue weighted by atomic mass is 16.6. The number of ether oxygens (including phenoxy) is 4. The number of rotatable bonds is 8. The van der Waals surface area contributed by atoms with E-state index in [9.17, 15) is 29.4 Å². The van der Waals surface area contributed by atoms with Crippen LogP contribution < -0.4 is 0 Å². The van der Waals surface area contributed by atoms with Gasteiger partial charge < -0.3 is 29.2 Å². The molecule has 0 heterocycles. The maximum absolute atomic E-state index is 13.3. The fraction of sp³-hybridized carbons (Fsp3) is 0.176. The number of hydrogen-bond acceptors (Lipinski definition) is 10. The molecule has 10 heteroatoms. The van der Waals surface area contributed by atoms with E-state index in [0.717, 1.165) is 0 Å². The Morgan fingerprint density at radius 1 is 0.364 bits per heavy atom. The first-order chi connectivity index (χ1) is 21.3. The summed E-state index contributed by atoms with van der Waals surface area (Å²) >= 11 is 0. The zero-order valence-electron chi connectivity index (χ0n) is 23.2. The molecule has 1 fully saturated rings. The van der Waals surface area contributed by atoms with Crippen molar-refractivity contribution < 1.29 is 48.3 Å². The third kappa shape index (κ3) is 6.83. The molecule has 10 nitrogen and oxygen atoms in total. The van der Waals surface area contributed by atoms with Crippen LogP contribution in [0.25, 0.3) is 0 Å².